The maximum absolute atomic E-state index is 2.66. The topological polar surface area (TPSA) is 6.48 Å². The highest BCUT2D eigenvalue weighted by atomic mass is 15.4. The van der Waals surface area contributed by atoms with Gasteiger partial charge in [-0.1, -0.05) is 124 Å². The first-order chi connectivity index (χ1) is 14.8. The molecule has 0 saturated heterocycles. The molecule has 1 aliphatic rings. The molecule has 0 unspecified atom stereocenters. The van der Waals surface area contributed by atoms with Crippen LogP contribution in [0.2, 0.25) is 0 Å². The average molecular weight is 421 g/mol. The van der Waals surface area contributed by atoms with Crippen LogP contribution in [0.15, 0.2) is 12.4 Å². The normalized spacial score (nSPS) is 14.4. The Morgan fingerprint density at radius 1 is 0.433 bits per heavy atom. The van der Waals surface area contributed by atoms with Gasteiger partial charge < -0.3 is 9.80 Å². The third-order valence-electron chi connectivity index (χ3n) is 6.82. The molecule has 1 heterocycles. The first kappa shape index (κ1) is 27.4. The molecule has 0 atom stereocenters. The summed E-state index contributed by atoms with van der Waals surface area (Å²) >= 11 is 0. The quantitative estimate of drug-likeness (QED) is 0.161. The zero-order valence-corrected chi connectivity index (χ0v) is 21.2. The summed E-state index contributed by atoms with van der Waals surface area (Å²) in [5.41, 5.74) is 0. The molecule has 30 heavy (non-hydrogen) atoms. The van der Waals surface area contributed by atoms with Gasteiger partial charge in [0.25, 0.3) is 0 Å². The maximum atomic E-state index is 2.66. The van der Waals surface area contributed by atoms with Gasteiger partial charge in [0.05, 0.1) is 0 Å². The van der Waals surface area contributed by atoms with Crippen LogP contribution in [-0.4, -0.2) is 29.1 Å². The molecule has 0 spiro atoms. The molecule has 0 aromatic rings. The summed E-state index contributed by atoms with van der Waals surface area (Å²) in [5.74, 6) is 0. The molecule has 0 amide bonds. The highest BCUT2D eigenvalue weighted by molar-refractivity contribution is 4.96. The molecule has 2 heteroatoms. The van der Waals surface area contributed by atoms with Gasteiger partial charge >= 0.3 is 0 Å². The van der Waals surface area contributed by atoms with Crippen molar-refractivity contribution in [2.75, 3.05) is 13.1 Å². The van der Waals surface area contributed by atoms with Crippen LogP contribution in [0.1, 0.15) is 149 Å². The molecule has 0 N–H and O–H groups in total. The minimum absolute atomic E-state index is 0.644. The summed E-state index contributed by atoms with van der Waals surface area (Å²) in [6, 6.07) is 0. The first-order valence-corrected chi connectivity index (χ1v) is 14.0. The highest BCUT2D eigenvalue weighted by Crippen LogP contribution is 2.23. The summed E-state index contributed by atoms with van der Waals surface area (Å²) < 4.78 is 0. The van der Waals surface area contributed by atoms with Gasteiger partial charge in [-0.25, -0.2) is 0 Å². The van der Waals surface area contributed by atoms with E-state index in [2.05, 4.69) is 43.0 Å². The lowest BCUT2D eigenvalue weighted by atomic mass is 10.1. The number of unbranched alkanes of at least 4 members (excludes halogenated alkanes) is 16. The van der Waals surface area contributed by atoms with E-state index in [-0.39, 0.29) is 0 Å². The fourth-order valence-corrected chi connectivity index (χ4v) is 4.77. The lowest BCUT2D eigenvalue weighted by Gasteiger charge is -2.33. The Morgan fingerprint density at radius 3 is 1.17 bits per heavy atom. The van der Waals surface area contributed by atoms with E-state index in [1.54, 1.807) is 0 Å². The smallest absolute Gasteiger partial charge is 0.101 e. The second-order valence-corrected chi connectivity index (χ2v) is 9.70. The van der Waals surface area contributed by atoms with Crippen LogP contribution in [0.4, 0.5) is 0 Å². The van der Waals surface area contributed by atoms with Crippen molar-refractivity contribution in [3.63, 3.8) is 0 Å². The Morgan fingerprint density at radius 2 is 0.767 bits per heavy atom. The highest BCUT2D eigenvalue weighted by Gasteiger charge is 2.24. The Labute approximate surface area is 190 Å². The summed E-state index contributed by atoms with van der Waals surface area (Å²) in [7, 11) is 0. The standard InChI is InChI=1S/C28H56N2/c1-4-7-10-12-14-16-18-21-24-29-26-27-30(28(29)23-20-9-6-3)25-22-19-17-15-13-11-8-5-2/h26-28H,4-25H2,1-3H3. The molecule has 0 aromatic carbocycles. The molecule has 0 aliphatic carbocycles. The maximum Gasteiger partial charge on any atom is 0.101 e. The molecule has 178 valence electrons. The lowest BCUT2D eigenvalue weighted by molar-refractivity contribution is 0.135. The monoisotopic (exact) mass is 420 g/mol. The van der Waals surface area contributed by atoms with E-state index in [1.807, 2.05) is 0 Å². The SMILES string of the molecule is CCCCCCCCCCN1C=CN(CCCCCCCCCC)C1CCCCC. The zero-order valence-electron chi connectivity index (χ0n) is 21.2. The molecular weight excluding hydrogens is 364 g/mol. The summed E-state index contributed by atoms with van der Waals surface area (Å²) in [4.78, 5) is 5.33. The van der Waals surface area contributed by atoms with Crippen molar-refractivity contribution >= 4 is 0 Å². The molecular formula is C28H56N2. The van der Waals surface area contributed by atoms with Crippen LogP contribution in [-0.2, 0) is 0 Å². The van der Waals surface area contributed by atoms with Crippen molar-refractivity contribution in [1.29, 1.82) is 0 Å². The zero-order chi connectivity index (χ0) is 21.7. The molecule has 0 saturated carbocycles. The van der Waals surface area contributed by atoms with Crippen LogP contribution in [0.5, 0.6) is 0 Å². The first-order valence-electron chi connectivity index (χ1n) is 14.0. The summed E-state index contributed by atoms with van der Waals surface area (Å²) in [6.45, 7) is 9.45. The number of rotatable bonds is 22. The van der Waals surface area contributed by atoms with Crippen molar-refractivity contribution in [2.24, 2.45) is 0 Å². The fourth-order valence-electron chi connectivity index (χ4n) is 4.77. The van der Waals surface area contributed by atoms with Gasteiger partial charge in [0.2, 0.25) is 0 Å². The number of hydrogen-bond acceptors (Lipinski definition) is 2. The Balaban J connectivity index is 2.20. The van der Waals surface area contributed by atoms with Crippen molar-refractivity contribution in [1.82, 2.24) is 9.80 Å². The van der Waals surface area contributed by atoms with Gasteiger partial charge in [-0.05, 0) is 25.7 Å². The van der Waals surface area contributed by atoms with E-state index in [4.69, 9.17) is 0 Å². The van der Waals surface area contributed by atoms with Crippen molar-refractivity contribution in [3.8, 4) is 0 Å². The van der Waals surface area contributed by atoms with Crippen LogP contribution < -0.4 is 0 Å². The van der Waals surface area contributed by atoms with Gasteiger partial charge in [-0.2, -0.15) is 0 Å². The fraction of sp³-hybridized carbons (Fsp3) is 0.929. The molecule has 0 aromatic heterocycles. The van der Waals surface area contributed by atoms with E-state index in [0.717, 1.165) is 0 Å². The van der Waals surface area contributed by atoms with E-state index >= 15 is 0 Å². The van der Waals surface area contributed by atoms with Gasteiger partial charge in [0.15, 0.2) is 0 Å². The van der Waals surface area contributed by atoms with Crippen LogP contribution >= 0.6 is 0 Å². The Kier molecular flexibility index (Phi) is 18.5. The average Bonchev–Trinajstić information content (AvgIpc) is 3.14. The van der Waals surface area contributed by atoms with Crippen molar-refractivity contribution in [3.05, 3.63) is 12.4 Å². The molecule has 1 rings (SSSR count). The molecule has 0 fully saturated rings. The van der Waals surface area contributed by atoms with E-state index in [9.17, 15) is 0 Å². The van der Waals surface area contributed by atoms with E-state index < -0.39 is 0 Å². The predicted octanol–water partition coefficient (Wildman–Crippen LogP) is 9.26. The van der Waals surface area contributed by atoms with E-state index in [0.29, 0.717) is 6.17 Å². The summed E-state index contributed by atoms with van der Waals surface area (Å²) in [6.07, 6.45) is 33.6. The molecule has 0 bridgehead atoms. The van der Waals surface area contributed by atoms with Gasteiger partial charge in [0, 0.05) is 25.5 Å². The van der Waals surface area contributed by atoms with Crippen LogP contribution in [0.3, 0.4) is 0 Å². The summed E-state index contributed by atoms with van der Waals surface area (Å²) in [5, 5.41) is 0. The molecule has 1 aliphatic heterocycles. The molecule has 0 radical (unpaired) electrons. The predicted molar refractivity (Wildman–Crippen MR) is 136 cm³/mol. The van der Waals surface area contributed by atoms with Crippen molar-refractivity contribution < 1.29 is 0 Å². The van der Waals surface area contributed by atoms with E-state index in [1.165, 1.54) is 142 Å². The van der Waals surface area contributed by atoms with Crippen LogP contribution in [0, 0.1) is 0 Å². The van der Waals surface area contributed by atoms with Gasteiger partial charge in [-0.15, -0.1) is 0 Å². The molecule has 2 nitrogen and oxygen atoms in total. The minimum Gasteiger partial charge on any atom is -0.356 e. The minimum atomic E-state index is 0.644. The van der Waals surface area contributed by atoms with Crippen molar-refractivity contribution in [2.45, 2.75) is 155 Å². The number of hydrogen-bond donors (Lipinski definition) is 0. The second-order valence-electron chi connectivity index (χ2n) is 9.70. The largest absolute Gasteiger partial charge is 0.356 e. The number of nitrogens with zero attached hydrogens (tertiary/aromatic N) is 2. The van der Waals surface area contributed by atoms with Gasteiger partial charge in [0.1, 0.15) is 6.17 Å². The van der Waals surface area contributed by atoms with Crippen LogP contribution in [0.25, 0.3) is 0 Å². The Bertz CT molecular complexity index is 349. The second kappa shape index (κ2) is 20.3. The third-order valence-corrected chi connectivity index (χ3v) is 6.82. The lowest BCUT2D eigenvalue weighted by Crippen LogP contribution is -2.39. The Hall–Kier alpha value is -0.660. The third kappa shape index (κ3) is 13.6. The van der Waals surface area contributed by atoms with Gasteiger partial charge in [-0.3, -0.25) is 0 Å².